The Morgan fingerprint density at radius 1 is 1.03 bits per heavy atom. The number of hydrogen-bond acceptors (Lipinski definition) is 8. The van der Waals surface area contributed by atoms with Gasteiger partial charge in [-0.15, -0.1) is 11.8 Å². The summed E-state index contributed by atoms with van der Waals surface area (Å²) in [5, 5.41) is 3.03. The first-order valence-corrected chi connectivity index (χ1v) is 11.8. The maximum absolute atomic E-state index is 13.3. The second-order valence-electron chi connectivity index (χ2n) is 7.56. The third kappa shape index (κ3) is 5.56. The van der Waals surface area contributed by atoms with Crippen molar-refractivity contribution in [2.45, 2.75) is 31.4 Å². The third-order valence-electron chi connectivity index (χ3n) is 5.19. The average molecular weight is 504 g/mol. The van der Waals surface area contributed by atoms with Gasteiger partial charge in [-0.3, -0.25) is 19.8 Å². The summed E-state index contributed by atoms with van der Waals surface area (Å²) in [5.41, 5.74) is 4.14. The molecule has 3 rings (SSSR count). The van der Waals surface area contributed by atoms with Gasteiger partial charge in [0.2, 0.25) is 11.7 Å². The van der Waals surface area contributed by atoms with Gasteiger partial charge in [-0.25, -0.2) is 5.01 Å². The molecule has 0 aromatic heterocycles. The molecule has 0 saturated carbocycles. The number of ether oxygens (including phenoxy) is 4. The van der Waals surface area contributed by atoms with Crippen molar-refractivity contribution in [1.29, 1.82) is 0 Å². The Balaban J connectivity index is 1.95. The molecule has 0 radical (unpaired) electrons. The molecule has 1 saturated heterocycles. The normalized spacial score (nSPS) is 17.1. The first kappa shape index (κ1) is 26.0. The molecule has 0 bridgehead atoms. The summed E-state index contributed by atoms with van der Waals surface area (Å²) < 4.78 is 21.9. The Morgan fingerprint density at radius 2 is 1.69 bits per heavy atom. The zero-order valence-electron chi connectivity index (χ0n) is 20.5. The fraction of sp³-hybridized carbons (Fsp3) is 0.375. The smallest absolute Gasteiger partial charge is 0.273 e. The number of nitrogens with zero attached hydrogens (tertiary/aromatic N) is 1. The number of rotatable bonds is 9. The van der Waals surface area contributed by atoms with Crippen LogP contribution in [0.1, 0.15) is 42.1 Å². The number of methoxy groups -OCH3 is 3. The van der Waals surface area contributed by atoms with Crippen molar-refractivity contribution in [3.05, 3.63) is 41.5 Å². The van der Waals surface area contributed by atoms with E-state index in [9.17, 15) is 14.4 Å². The van der Waals surface area contributed by atoms with Crippen LogP contribution in [0, 0.1) is 0 Å². The molecule has 1 heterocycles. The minimum atomic E-state index is -0.538. The molecule has 1 aliphatic heterocycles. The summed E-state index contributed by atoms with van der Waals surface area (Å²) in [4.78, 5) is 37.7. The number of benzene rings is 2. The molecular weight excluding hydrogens is 474 g/mol. The van der Waals surface area contributed by atoms with Gasteiger partial charge in [0, 0.05) is 18.7 Å². The lowest BCUT2D eigenvalue weighted by atomic mass is 10.1. The molecule has 2 aromatic carbocycles. The Hall–Kier alpha value is -3.60. The topological polar surface area (TPSA) is 115 Å². The van der Waals surface area contributed by atoms with E-state index in [0.717, 1.165) is 0 Å². The summed E-state index contributed by atoms with van der Waals surface area (Å²) in [6.07, 6.45) is 0. The molecule has 0 aliphatic carbocycles. The van der Waals surface area contributed by atoms with Gasteiger partial charge in [0.25, 0.3) is 11.8 Å². The van der Waals surface area contributed by atoms with Crippen LogP contribution in [0.5, 0.6) is 23.0 Å². The lowest BCUT2D eigenvalue weighted by molar-refractivity contribution is -0.132. The Morgan fingerprint density at radius 3 is 2.23 bits per heavy atom. The van der Waals surface area contributed by atoms with Gasteiger partial charge in [-0.05, 0) is 43.7 Å². The molecule has 0 spiro atoms. The van der Waals surface area contributed by atoms with Crippen LogP contribution in [-0.4, -0.2) is 55.9 Å². The monoisotopic (exact) mass is 503 g/mol. The summed E-state index contributed by atoms with van der Waals surface area (Å²) in [5.74, 6) is 0.566. The fourth-order valence-electron chi connectivity index (χ4n) is 3.64. The number of carbonyl (C=O) groups is 3. The fourth-order valence-corrected chi connectivity index (χ4v) is 4.83. The Kier molecular flexibility index (Phi) is 8.34. The van der Waals surface area contributed by atoms with Gasteiger partial charge in [0.05, 0.1) is 38.7 Å². The maximum Gasteiger partial charge on any atom is 0.273 e. The lowest BCUT2D eigenvalue weighted by Crippen LogP contribution is -2.45. The van der Waals surface area contributed by atoms with Crippen molar-refractivity contribution < 1.29 is 33.3 Å². The minimum Gasteiger partial charge on any atom is -0.493 e. The Bertz CT molecular complexity index is 1100. The Labute approximate surface area is 208 Å². The molecule has 0 unspecified atom stereocenters. The van der Waals surface area contributed by atoms with Crippen molar-refractivity contribution in [3.8, 4) is 23.0 Å². The number of hydrogen-bond donors (Lipinski definition) is 2. The van der Waals surface area contributed by atoms with Crippen molar-refractivity contribution in [2.75, 3.05) is 33.3 Å². The van der Waals surface area contributed by atoms with Crippen molar-refractivity contribution in [1.82, 2.24) is 10.4 Å². The van der Waals surface area contributed by atoms with Crippen molar-refractivity contribution in [3.63, 3.8) is 0 Å². The van der Waals surface area contributed by atoms with Gasteiger partial charge < -0.3 is 24.3 Å². The lowest BCUT2D eigenvalue weighted by Gasteiger charge is -2.26. The van der Waals surface area contributed by atoms with E-state index < -0.39 is 16.5 Å². The van der Waals surface area contributed by atoms with E-state index in [-0.39, 0.29) is 23.1 Å². The van der Waals surface area contributed by atoms with Crippen LogP contribution >= 0.6 is 11.8 Å². The zero-order valence-corrected chi connectivity index (χ0v) is 21.3. The molecule has 2 aromatic rings. The summed E-state index contributed by atoms with van der Waals surface area (Å²) >= 11 is 1.38. The number of carbonyl (C=O) groups excluding carboxylic acids is 3. The predicted octanol–water partition coefficient (Wildman–Crippen LogP) is 3.38. The van der Waals surface area contributed by atoms with Crippen LogP contribution in [0.25, 0.3) is 0 Å². The molecule has 1 aliphatic rings. The number of nitrogens with one attached hydrogen (secondary N) is 2. The van der Waals surface area contributed by atoms with Gasteiger partial charge in [-0.1, -0.05) is 0 Å². The molecule has 10 nitrogen and oxygen atoms in total. The highest BCUT2D eigenvalue weighted by Gasteiger charge is 2.41. The highest BCUT2D eigenvalue weighted by atomic mass is 32.2. The zero-order chi connectivity index (χ0) is 25.7. The van der Waals surface area contributed by atoms with E-state index in [0.29, 0.717) is 35.1 Å². The number of amides is 3. The quantitative estimate of drug-likeness (QED) is 0.535. The molecular formula is C24H29N3O7S. The van der Waals surface area contributed by atoms with Gasteiger partial charge in [0.15, 0.2) is 11.5 Å². The molecule has 2 N–H and O–H groups in total. The average Bonchev–Trinajstić information content (AvgIpc) is 3.11. The van der Waals surface area contributed by atoms with E-state index in [4.69, 9.17) is 18.9 Å². The van der Waals surface area contributed by atoms with E-state index in [1.807, 2.05) is 0 Å². The summed E-state index contributed by atoms with van der Waals surface area (Å²) in [6.45, 7) is 5.27. The van der Waals surface area contributed by atoms with Crippen molar-refractivity contribution >= 4 is 35.2 Å². The molecule has 35 heavy (non-hydrogen) atoms. The molecule has 3 amide bonds. The van der Waals surface area contributed by atoms with Gasteiger partial charge in [-0.2, -0.15) is 0 Å². The largest absolute Gasteiger partial charge is 0.493 e. The molecule has 1 fully saturated rings. The van der Waals surface area contributed by atoms with Crippen LogP contribution in [-0.2, 0) is 9.59 Å². The first-order chi connectivity index (χ1) is 16.7. The molecule has 2 atom stereocenters. The SMILES string of the molecule is CCOc1cc(NC(C)=O)ccc1C(=O)NN1C(=O)[C@@H](C)S[C@H]1c1cc(OC)c(OC)c(OC)c1. The van der Waals surface area contributed by atoms with Gasteiger partial charge in [0.1, 0.15) is 11.1 Å². The van der Waals surface area contributed by atoms with Crippen LogP contribution in [0.15, 0.2) is 30.3 Å². The van der Waals surface area contributed by atoms with Crippen LogP contribution in [0.3, 0.4) is 0 Å². The third-order valence-corrected chi connectivity index (χ3v) is 6.54. The second-order valence-corrected chi connectivity index (χ2v) is 8.99. The van der Waals surface area contributed by atoms with E-state index >= 15 is 0 Å². The standard InChI is InChI=1S/C24H29N3O7S/c1-7-34-18-12-16(25-14(3)28)8-9-17(18)22(29)26-27-23(30)13(2)35-24(27)15-10-19(31-4)21(33-6)20(11-15)32-5/h8-13,24H,7H2,1-6H3,(H,25,28)(H,26,29)/t13-,24+/m1/s1. The predicted molar refractivity (Wildman–Crippen MR) is 132 cm³/mol. The molecule has 11 heteroatoms. The highest BCUT2D eigenvalue weighted by molar-refractivity contribution is 8.01. The van der Waals surface area contributed by atoms with Crippen molar-refractivity contribution in [2.24, 2.45) is 0 Å². The summed E-state index contributed by atoms with van der Waals surface area (Å²) in [6, 6.07) is 8.20. The second kappa shape index (κ2) is 11.2. The maximum atomic E-state index is 13.3. The van der Waals surface area contributed by atoms with Gasteiger partial charge >= 0.3 is 0 Å². The van der Waals surface area contributed by atoms with Crippen LogP contribution in [0.4, 0.5) is 5.69 Å². The number of thioether (sulfide) groups is 1. The van der Waals surface area contributed by atoms with Crippen LogP contribution < -0.4 is 29.7 Å². The summed E-state index contributed by atoms with van der Waals surface area (Å²) in [7, 11) is 4.53. The van der Waals surface area contributed by atoms with E-state index in [2.05, 4.69) is 10.7 Å². The number of hydrazine groups is 1. The first-order valence-electron chi connectivity index (χ1n) is 10.9. The number of anilines is 1. The van der Waals surface area contributed by atoms with E-state index in [1.54, 1.807) is 38.1 Å². The van der Waals surface area contributed by atoms with Crippen LogP contribution in [0.2, 0.25) is 0 Å². The minimum absolute atomic E-state index is 0.224. The molecule has 188 valence electrons. The van der Waals surface area contributed by atoms with E-state index in [1.165, 1.54) is 51.1 Å². The highest BCUT2D eigenvalue weighted by Crippen LogP contribution is 2.47.